The average molecular weight is 377 g/mol. The van der Waals surface area contributed by atoms with Crippen molar-refractivity contribution < 1.29 is 4.79 Å². The van der Waals surface area contributed by atoms with E-state index in [0.29, 0.717) is 11.9 Å². The van der Waals surface area contributed by atoms with E-state index >= 15 is 0 Å². The van der Waals surface area contributed by atoms with Crippen molar-refractivity contribution >= 4 is 11.7 Å². The van der Waals surface area contributed by atoms with E-state index in [1.54, 1.807) is 6.33 Å². The summed E-state index contributed by atoms with van der Waals surface area (Å²) in [5.74, 6) is 1.41. The zero-order valence-electron chi connectivity index (χ0n) is 16.6. The lowest BCUT2D eigenvalue weighted by molar-refractivity contribution is -0.141. The van der Waals surface area contributed by atoms with E-state index in [1.165, 1.54) is 18.4 Å². The Kier molecular flexibility index (Phi) is 4.33. The highest BCUT2D eigenvalue weighted by molar-refractivity contribution is 5.85. The summed E-state index contributed by atoms with van der Waals surface area (Å²) in [4.78, 5) is 26.6. The van der Waals surface area contributed by atoms with Gasteiger partial charge < -0.3 is 9.80 Å². The van der Waals surface area contributed by atoms with Crippen LogP contribution in [-0.4, -0.2) is 46.5 Å². The second kappa shape index (κ2) is 6.87. The Morgan fingerprint density at radius 2 is 1.82 bits per heavy atom. The van der Waals surface area contributed by atoms with Crippen molar-refractivity contribution in [2.24, 2.45) is 5.41 Å². The summed E-state index contributed by atoms with van der Waals surface area (Å²) in [5, 5.41) is 0. The third-order valence-electron chi connectivity index (χ3n) is 6.85. The number of amides is 1. The van der Waals surface area contributed by atoms with Crippen LogP contribution in [0.1, 0.15) is 49.3 Å². The van der Waals surface area contributed by atoms with E-state index in [0.717, 1.165) is 50.4 Å². The summed E-state index contributed by atoms with van der Waals surface area (Å²) < 4.78 is 0. The van der Waals surface area contributed by atoms with Gasteiger partial charge >= 0.3 is 0 Å². The van der Waals surface area contributed by atoms with Crippen LogP contribution in [0.25, 0.3) is 0 Å². The molecule has 2 saturated heterocycles. The van der Waals surface area contributed by atoms with Gasteiger partial charge in [0.15, 0.2) is 0 Å². The monoisotopic (exact) mass is 376 g/mol. The number of carbonyl (C=O) groups is 1. The molecule has 146 valence electrons. The van der Waals surface area contributed by atoms with Crippen molar-refractivity contribution in [1.29, 1.82) is 0 Å². The van der Waals surface area contributed by atoms with Crippen molar-refractivity contribution in [3.8, 4) is 0 Å². The van der Waals surface area contributed by atoms with Gasteiger partial charge in [-0.2, -0.15) is 0 Å². The largest absolute Gasteiger partial charge is 0.356 e. The number of piperidine rings is 2. The Morgan fingerprint density at radius 3 is 2.50 bits per heavy atom. The lowest BCUT2D eigenvalue weighted by Crippen LogP contribution is -2.54. The van der Waals surface area contributed by atoms with Gasteiger partial charge in [-0.15, -0.1) is 0 Å². The Morgan fingerprint density at radius 1 is 1.07 bits per heavy atom. The summed E-state index contributed by atoms with van der Waals surface area (Å²) in [6, 6.07) is 13.0. The topological polar surface area (TPSA) is 49.3 Å². The summed E-state index contributed by atoms with van der Waals surface area (Å²) in [5.41, 5.74) is 2.43. The minimum Gasteiger partial charge on any atom is -0.356 e. The number of carbonyl (C=O) groups excluding carboxylic acids is 1. The van der Waals surface area contributed by atoms with Crippen LogP contribution in [0.15, 0.2) is 42.7 Å². The molecule has 1 spiro atoms. The molecule has 5 nitrogen and oxygen atoms in total. The Bertz CT molecular complexity index is 856. The first-order valence-electron chi connectivity index (χ1n) is 10.5. The molecule has 2 aliphatic heterocycles. The van der Waals surface area contributed by atoms with E-state index < -0.39 is 0 Å². The van der Waals surface area contributed by atoms with Gasteiger partial charge in [-0.05, 0) is 50.0 Å². The minimum absolute atomic E-state index is 0.0170. The van der Waals surface area contributed by atoms with Gasteiger partial charge in [0.05, 0.1) is 5.92 Å². The van der Waals surface area contributed by atoms with Gasteiger partial charge in [0, 0.05) is 37.4 Å². The minimum atomic E-state index is 0.0170. The van der Waals surface area contributed by atoms with Crippen LogP contribution in [0.4, 0.5) is 5.82 Å². The van der Waals surface area contributed by atoms with Crippen LogP contribution < -0.4 is 4.90 Å². The summed E-state index contributed by atoms with van der Waals surface area (Å²) in [6.07, 6.45) is 7.24. The van der Waals surface area contributed by atoms with Gasteiger partial charge in [0.1, 0.15) is 12.1 Å². The number of hydrogen-bond donors (Lipinski definition) is 0. The molecular weight excluding hydrogens is 348 g/mol. The highest BCUT2D eigenvalue weighted by atomic mass is 16.2. The number of anilines is 1. The third-order valence-corrected chi connectivity index (χ3v) is 6.85. The van der Waals surface area contributed by atoms with Crippen LogP contribution >= 0.6 is 0 Å². The molecule has 1 aromatic carbocycles. The first kappa shape index (κ1) is 17.7. The molecule has 1 aromatic heterocycles. The maximum atomic E-state index is 13.3. The molecule has 1 aliphatic carbocycles. The standard InChI is InChI=1S/C23H28N4O/c1-17-13-21(25-16-24-17)26-11-9-23(10-12-26)14-20(18-5-3-2-4-6-18)22(28)27(15-23)19-7-8-19/h2-6,13,16,19-20H,7-12,14-15H2,1H3/t20-/m0/s1. The van der Waals surface area contributed by atoms with Gasteiger partial charge in [-0.1, -0.05) is 30.3 Å². The number of hydrogen-bond acceptors (Lipinski definition) is 4. The third kappa shape index (κ3) is 3.27. The van der Waals surface area contributed by atoms with Crippen LogP contribution in [-0.2, 0) is 4.79 Å². The summed E-state index contributed by atoms with van der Waals surface area (Å²) in [7, 11) is 0. The average Bonchev–Trinajstić information content (AvgIpc) is 3.56. The highest BCUT2D eigenvalue weighted by Gasteiger charge is 2.49. The molecule has 5 rings (SSSR count). The summed E-state index contributed by atoms with van der Waals surface area (Å²) >= 11 is 0. The maximum absolute atomic E-state index is 13.3. The van der Waals surface area contributed by atoms with Crippen LogP contribution in [0.5, 0.6) is 0 Å². The van der Waals surface area contributed by atoms with Gasteiger partial charge in [-0.3, -0.25) is 4.79 Å². The zero-order chi connectivity index (χ0) is 19.1. The Balaban J connectivity index is 1.37. The van der Waals surface area contributed by atoms with Gasteiger partial charge in [0.2, 0.25) is 5.91 Å². The summed E-state index contributed by atoms with van der Waals surface area (Å²) in [6.45, 7) is 4.97. The fourth-order valence-corrected chi connectivity index (χ4v) is 5.05. The quantitative estimate of drug-likeness (QED) is 0.822. The Labute approximate surface area is 166 Å². The predicted octanol–water partition coefficient (Wildman–Crippen LogP) is 3.55. The molecule has 3 aliphatic rings. The molecular formula is C23H28N4O. The second-order valence-corrected chi connectivity index (χ2v) is 8.87. The van der Waals surface area contributed by atoms with E-state index in [9.17, 15) is 4.79 Å². The molecule has 1 amide bonds. The van der Waals surface area contributed by atoms with Gasteiger partial charge in [-0.25, -0.2) is 9.97 Å². The molecule has 0 unspecified atom stereocenters. The zero-order valence-corrected chi connectivity index (χ0v) is 16.6. The van der Waals surface area contributed by atoms with Crippen molar-refractivity contribution in [2.45, 2.75) is 51.0 Å². The van der Waals surface area contributed by atoms with E-state index in [-0.39, 0.29) is 11.3 Å². The van der Waals surface area contributed by atoms with Crippen LogP contribution in [0.2, 0.25) is 0 Å². The number of aromatic nitrogens is 2. The number of likely N-dealkylation sites (tertiary alicyclic amines) is 1. The lowest BCUT2D eigenvalue weighted by Gasteiger charge is -2.50. The number of aryl methyl sites for hydroxylation is 1. The van der Waals surface area contributed by atoms with E-state index in [2.05, 4.69) is 50.1 Å². The van der Waals surface area contributed by atoms with Crippen molar-refractivity contribution in [2.75, 3.05) is 24.5 Å². The SMILES string of the molecule is Cc1cc(N2CCC3(CC2)C[C@@H](c2ccccc2)C(=O)N(C2CC2)C3)ncn1. The molecule has 3 fully saturated rings. The van der Waals surface area contributed by atoms with Crippen LogP contribution in [0, 0.1) is 12.3 Å². The van der Waals surface area contributed by atoms with Crippen LogP contribution in [0.3, 0.4) is 0 Å². The van der Waals surface area contributed by atoms with E-state index in [4.69, 9.17) is 0 Å². The number of benzene rings is 1. The molecule has 1 saturated carbocycles. The highest BCUT2D eigenvalue weighted by Crippen LogP contribution is 2.48. The Hall–Kier alpha value is -2.43. The fourth-order valence-electron chi connectivity index (χ4n) is 5.05. The first-order chi connectivity index (χ1) is 13.6. The molecule has 1 atom stereocenters. The fraction of sp³-hybridized carbons (Fsp3) is 0.522. The molecule has 0 bridgehead atoms. The van der Waals surface area contributed by atoms with E-state index in [1.807, 2.05) is 13.0 Å². The normalized spacial score (nSPS) is 24.6. The number of nitrogens with zero attached hydrogens (tertiary/aromatic N) is 4. The maximum Gasteiger partial charge on any atom is 0.230 e. The van der Waals surface area contributed by atoms with Gasteiger partial charge in [0.25, 0.3) is 0 Å². The lowest BCUT2D eigenvalue weighted by atomic mass is 9.67. The predicted molar refractivity (Wildman–Crippen MR) is 109 cm³/mol. The molecule has 0 N–H and O–H groups in total. The molecule has 0 radical (unpaired) electrons. The second-order valence-electron chi connectivity index (χ2n) is 8.87. The van der Waals surface area contributed by atoms with Crippen molar-refractivity contribution in [1.82, 2.24) is 14.9 Å². The number of rotatable bonds is 3. The first-order valence-corrected chi connectivity index (χ1v) is 10.5. The molecule has 3 heterocycles. The molecule has 5 heteroatoms. The van der Waals surface area contributed by atoms with Crippen molar-refractivity contribution in [3.05, 3.63) is 54.0 Å². The smallest absolute Gasteiger partial charge is 0.230 e. The van der Waals surface area contributed by atoms with Crippen molar-refractivity contribution in [3.63, 3.8) is 0 Å². The molecule has 2 aromatic rings. The molecule has 28 heavy (non-hydrogen) atoms.